The van der Waals surface area contributed by atoms with Gasteiger partial charge >= 0.3 is 0 Å². The molecule has 4 heteroatoms. The second kappa shape index (κ2) is 4.97. The van der Waals surface area contributed by atoms with Crippen LogP contribution in [0.2, 0.25) is 0 Å². The molecule has 1 aromatic heterocycles. The molecule has 1 atom stereocenters. The largest absolute Gasteiger partial charge is 0.444 e. The predicted octanol–water partition coefficient (Wildman–Crippen LogP) is 1.73. The van der Waals surface area contributed by atoms with Crippen molar-refractivity contribution in [2.24, 2.45) is 0 Å². The molecule has 0 aliphatic carbocycles. The summed E-state index contributed by atoms with van der Waals surface area (Å²) in [5, 5.41) is 3.34. The SMILES string of the molecule is CNC1CCN(C(C)c2ncc(C)o2)CC1. The minimum atomic E-state index is 0.298. The molecular weight excluding hydrogens is 202 g/mol. The van der Waals surface area contributed by atoms with Crippen LogP contribution in [0.1, 0.15) is 37.5 Å². The van der Waals surface area contributed by atoms with E-state index in [4.69, 9.17) is 4.42 Å². The number of hydrogen-bond donors (Lipinski definition) is 1. The molecule has 0 aromatic carbocycles. The fourth-order valence-corrected chi connectivity index (χ4v) is 2.30. The summed E-state index contributed by atoms with van der Waals surface area (Å²) in [5.41, 5.74) is 0. The zero-order chi connectivity index (χ0) is 11.5. The fraction of sp³-hybridized carbons (Fsp3) is 0.750. The minimum absolute atomic E-state index is 0.298. The molecule has 1 aromatic rings. The van der Waals surface area contributed by atoms with Gasteiger partial charge in [0.25, 0.3) is 0 Å². The first-order chi connectivity index (χ1) is 7.70. The summed E-state index contributed by atoms with van der Waals surface area (Å²) in [5.74, 6) is 1.74. The highest BCUT2D eigenvalue weighted by Crippen LogP contribution is 2.23. The lowest BCUT2D eigenvalue weighted by atomic mass is 10.0. The Balaban J connectivity index is 1.93. The highest BCUT2D eigenvalue weighted by Gasteiger charge is 2.24. The van der Waals surface area contributed by atoms with E-state index in [1.807, 2.05) is 14.0 Å². The maximum Gasteiger partial charge on any atom is 0.211 e. The van der Waals surface area contributed by atoms with Crippen molar-refractivity contribution < 1.29 is 4.42 Å². The van der Waals surface area contributed by atoms with E-state index in [2.05, 4.69) is 22.1 Å². The predicted molar refractivity (Wildman–Crippen MR) is 63.3 cm³/mol. The molecule has 1 aliphatic rings. The van der Waals surface area contributed by atoms with Crippen LogP contribution in [-0.4, -0.2) is 36.1 Å². The lowest BCUT2D eigenvalue weighted by molar-refractivity contribution is 0.136. The highest BCUT2D eigenvalue weighted by atomic mass is 16.4. The zero-order valence-electron chi connectivity index (χ0n) is 10.4. The van der Waals surface area contributed by atoms with E-state index in [0.29, 0.717) is 12.1 Å². The second-order valence-corrected chi connectivity index (χ2v) is 4.58. The van der Waals surface area contributed by atoms with Gasteiger partial charge in [0.2, 0.25) is 5.89 Å². The number of rotatable bonds is 3. The van der Waals surface area contributed by atoms with E-state index in [9.17, 15) is 0 Å². The number of piperidine rings is 1. The van der Waals surface area contributed by atoms with Gasteiger partial charge in [0, 0.05) is 19.1 Å². The first-order valence-electron chi connectivity index (χ1n) is 6.04. The summed E-state index contributed by atoms with van der Waals surface area (Å²) in [7, 11) is 2.04. The van der Waals surface area contributed by atoms with Gasteiger partial charge in [-0.3, -0.25) is 4.90 Å². The van der Waals surface area contributed by atoms with Crippen LogP contribution in [0.15, 0.2) is 10.6 Å². The van der Waals surface area contributed by atoms with Crippen LogP contribution in [-0.2, 0) is 0 Å². The van der Waals surface area contributed by atoms with Crippen molar-refractivity contribution in [1.29, 1.82) is 0 Å². The standard InChI is InChI=1S/C12H21N3O/c1-9-8-14-12(16-9)10(2)15-6-4-11(13-3)5-7-15/h8,10-11,13H,4-7H2,1-3H3. The zero-order valence-corrected chi connectivity index (χ0v) is 10.4. The summed E-state index contributed by atoms with van der Waals surface area (Å²) in [6.07, 6.45) is 4.22. The van der Waals surface area contributed by atoms with E-state index >= 15 is 0 Å². The highest BCUT2D eigenvalue weighted by molar-refractivity contribution is 4.96. The van der Waals surface area contributed by atoms with Gasteiger partial charge in [-0.2, -0.15) is 0 Å². The van der Waals surface area contributed by atoms with Gasteiger partial charge < -0.3 is 9.73 Å². The molecule has 0 spiro atoms. The van der Waals surface area contributed by atoms with E-state index in [1.54, 1.807) is 6.20 Å². The number of aryl methyl sites for hydroxylation is 1. The Morgan fingerprint density at radius 1 is 1.50 bits per heavy atom. The minimum Gasteiger partial charge on any atom is -0.444 e. The van der Waals surface area contributed by atoms with Crippen molar-refractivity contribution in [3.8, 4) is 0 Å². The Morgan fingerprint density at radius 2 is 2.19 bits per heavy atom. The van der Waals surface area contributed by atoms with Crippen LogP contribution in [0.25, 0.3) is 0 Å². The van der Waals surface area contributed by atoms with Crippen LogP contribution < -0.4 is 5.32 Å². The van der Waals surface area contributed by atoms with Crippen molar-refractivity contribution in [3.05, 3.63) is 17.8 Å². The number of hydrogen-bond acceptors (Lipinski definition) is 4. The third-order valence-electron chi connectivity index (χ3n) is 3.48. The number of nitrogens with zero attached hydrogens (tertiary/aromatic N) is 2. The molecule has 0 amide bonds. The maximum atomic E-state index is 5.58. The van der Waals surface area contributed by atoms with E-state index in [1.165, 1.54) is 12.8 Å². The van der Waals surface area contributed by atoms with Crippen molar-refractivity contribution in [1.82, 2.24) is 15.2 Å². The third kappa shape index (κ3) is 2.44. The third-order valence-corrected chi connectivity index (χ3v) is 3.48. The molecule has 0 bridgehead atoms. The Bertz CT molecular complexity index is 329. The van der Waals surface area contributed by atoms with E-state index in [0.717, 1.165) is 24.7 Å². The van der Waals surface area contributed by atoms with Crippen LogP contribution >= 0.6 is 0 Å². The Kier molecular flexibility index (Phi) is 3.61. The molecular formula is C12H21N3O. The molecule has 1 fully saturated rings. The molecule has 2 rings (SSSR count). The van der Waals surface area contributed by atoms with Gasteiger partial charge in [-0.25, -0.2) is 4.98 Å². The Morgan fingerprint density at radius 3 is 2.69 bits per heavy atom. The quantitative estimate of drug-likeness (QED) is 0.847. The molecule has 90 valence electrons. The van der Waals surface area contributed by atoms with Crippen molar-refractivity contribution in [2.75, 3.05) is 20.1 Å². The van der Waals surface area contributed by atoms with Gasteiger partial charge in [-0.15, -0.1) is 0 Å². The molecule has 0 saturated carbocycles. The molecule has 0 radical (unpaired) electrons. The van der Waals surface area contributed by atoms with Gasteiger partial charge in [-0.1, -0.05) is 0 Å². The van der Waals surface area contributed by atoms with Gasteiger partial charge in [0.1, 0.15) is 5.76 Å². The molecule has 1 aliphatic heterocycles. The van der Waals surface area contributed by atoms with Crippen LogP contribution in [0.3, 0.4) is 0 Å². The number of aromatic nitrogens is 1. The Labute approximate surface area is 97.0 Å². The summed E-state index contributed by atoms with van der Waals surface area (Å²) >= 11 is 0. The number of nitrogens with one attached hydrogen (secondary N) is 1. The summed E-state index contributed by atoms with van der Waals surface area (Å²) in [6.45, 7) is 6.35. The van der Waals surface area contributed by atoms with Crippen molar-refractivity contribution in [2.45, 2.75) is 38.8 Å². The van der Waals surface area contributed by atoms with Crippen LogP contribution in [0, 0.1) is 6.92 Å². The fourth-order valence-electron chi connectivity index (χ4n) is 2.30. The lowest BCUT2D eigenvalue weighted by Crippen LogP contribution is -2.42. The van der Waals surface area contributed by atoms with Crippen molar-refractivity contribution >= 4 is 0 Å². The molecule has 2 heterocycles. The van der Waals surface area contributed by atoms with Crippen molar-refractivity contribution in [3.63, 3.8) is 0 Å². The smallest absolute Gasteiger partial charge is 0.211 e. The van der Waals surface area contributed by atoms with E-state index in [-0.39, 0.29) is 0 Å². The molecule has 16 heavy (non-hydrogen) atoms. The van der Waals surface area contributed by atoms with Gasteiger partial charge in [-0.05, 0) is 33.7 Å². The lowest BCUT2D eigenvalue weighted by Gasteiger charge is -2.34. The number of oxazole rings is 1. The normalized spacial score (nSPS) is 21.2. The maximum absolute atomic E-state index is 5.58. The first-order valence-corrected chi connectivity index (χ1v) is 6.04. The molecule has 4 nitrogen and oxygen atoms in total. The summed E-state index contributed by atoms with van der Waals surface area (Å²) in [4.78, 5) is 6.75. The number of likely N-dealkylation sites (tertiary alicyclic amines) is 1. The van der Waals surface area contributed by atoms with Crippen LogP contribution in [0.4, 0.5) is 0 Å². The topological polar surface area (TPSA) is 41.3 Å². The first kappa shape index (κ1) is 11.6. The van der Waals surface area contributed by atoms with Gasteiger partial charge in [0.15, 0.2) is 0 Å². The Hall–Kier alpha value is -0.870. The monoisotopic (exact) mass is 223 g/mol. The molecule has 1 saturated heterocycles. The average Bonchev–Trinajstić information content (AvgIpc) is 2.75. The molecule has 1 unspecified atom stereocenters. The second-order valence-electron chi connectivity index (χ2n) is 4.58. The van der Waals surface area contributed by atoms with Gasteiger partial charge in [0.05, 0.1) is 12.2 Å². The average molecular weight is 223 g/mol. The van der Waals surface area contributed by atoms with Crippen LogP contribution in [0.5, 0.6) is 0 Å². The summed E-state index contributed by atoms with van der Waals surface area (Å²) in [6, 6.07) is 0.973. The van der Waals surface area contributed by atoms with E-state index < -0.39 is 0 Å². The molecule has 1 N–H and O–H groups in total. The summed E-state index contributed by atoms with van der Waals surface area (Å²) < 4.78 is 5.58.